The largest absolute Gasteiger partial charge is 0.508 e. The SMILES string of the molecule is CC(C)C1CCC(C)(c2ccc(O)cc2)C(c2ccc(O)cc2)C1. The van der Waals surface area contributed by atoms with E-state index in [-0.39, 0.29) is 5.41 Å². The molecule has 0 spiro atoms. The average molecular weight is 324 g/mol. The van der Waals surface area contributed by atoms with Gasteiger partial charge in [-0.25, -0.2) is 0 Å². The molecule has 0 radical (unpaired) electrons. The molecule has 0 saturated heterocycles. The van der Waals surface area contributed by atoms with Crippen molar-refractivity contribution in [1.29, 1.82) is 0 Å². The van der Waals surface area contributed by atoms with E-state index >= 15 is 0 Å². The van der Waals surface area contributed by atoms with E-state index in [1.54, 1.807) is 24.3 Å². The molecule has 3 unspecified atom stereocenters. The van der Waals surface area contributed by atoms with Crippen LogP contribution in [-0.2, 0) is 5.41 Å². The van der Waals surface area contributed by atoms with Crippen molar-refractivity contribution in [3.05, 3.63) is 59.7 Å². The standard InChI is InChI=1S/C22H28O2/c1-15(2)17-12-13-22(3,18-6-10-20(24)11-7-18)21(14-17)16-4-8-19(23)9-5-16/h4-11,15,17,21,23-24H,12-14H2,1-3H3. The molecule has 2 heteroatoms. The van der Waals surface area contributed by atoms with Gasteiger partial charge in [-0.05, 0) is 77.8 Å². The van der Waals surface area contributed by atoms with Gasteiger partial charge in [-0.3, -0.25) is 0 Å². The molecule has 24 heavy (non-hydrogen) atoms. The highest BCUT2D eigenvalue weighted by atomic mass is 16.3. The van der Waals surface area contributed by atoms with Crippen molar-refractivity contribution in [2.45, 2.75) is 51.4 Å². The van der Waals surface area contributed by atoms with Crippen LogP contribution in [0.1, 0.15) is 57.1 Å². The first-order chi connectivity index (χ1) is 11.4. The first kappa shape index (κ1) is 16.9. The molecule has 0 aliphatic heterocycles. The third-order valence-corrected chi connectivity index (χ3v) is 6.11. The summed E-state index contributed by atoms with van der Waals surface area (Å²) in [5, 5.41) is 19.3. The van der Waals surface area contributed by atoms with Gasteiger partial charge in [0, 0.05) is 0 Å². The Hall–Kier alpha value is -1.96. The average Bonchev–Trinajstić information content (AvgIpc) is 2.56. The van der Waals surface area contributed by atoms with Crippen LogP contribution < -0.4 is 0 Å². The first-order valence-corrected chi connectivity index (χ1v) is 8.98. The lowest BCUT2D eigenvalue weighted by molar-refractivity contribution is 0.172. The minimum absolute atomic E-state index is 0.0516. The van der Waals surface area contributed by atoms with Gasteiger partial charge in [0.2, 0.25) is 0 Å². The van der Waals surface area contributed by atoms with E-state index in [0.717, 1.165) is 12.3 Å². The van der Waals surface area contributed by atoms with Crippen LogP contribution >= 0.6 is 0 Å². The fourth-order valence-electron chi connectivity index (χ4n) is 4.34. The Bertz CT molecular complexity index is 672. The fourth-order valence-corrected chi connectivity index (χ4v) is 4.34. The van der Waals surface area contributed by atoms with Crippen LogP contribution in [0, 0.1) is 11.8 Å². The summed E-state index contributed by atoms with van der Waals surface area (Å²) in [4.78, 5) is 0. The number of phenols is 2. The van der Waals surface area contributed by atoms with Crippen molar-refractivity contribution in [2.75, 3.05) is 0 Å². The molecular weight excluding hydrogens is 296 g/mol. The molecule has 1 aliphatic rings. The Labute approximate surface area is 145 Å². The highest BCUT2D eigenvalue weighted by Gasteiger charge is 2.42. The minimum Gasteiger partial charge on any atom is -0.508 e. The Morgan fingerprint density at radius 2 is 1.46 bits per heavy atom. The first-order valence-electron chi connectivity index (χ1n) is 8.98. The summed E-state index contributed by atoms with van der Waals surface area (Å²) >= 11 is 0. The van der Waals surface area contributed by atoms with Gasteiger partial charge in [-0.1, -0.05) is 45.0 Å². The second kappa shape index (κ2) is 6.51. The summed E-state index contributed by atoms with van der Waals surface area (Å²) in [7, 11) is 0. The fraction of sp³-hybridized carbons (Fsp3) is 0.455. The van der Waals surface area contributed by atoms with E-state index in [0.29, 0.717) is 23.3 Å². The summed E-state index contributed by atoms with van der Waals surface area (Å²) in [5.74, 6) is 2.48. The molecule has 0 aromatic heterocycles. The molecule has 0 bridgehead atoms. The number of benzene rings is 2. The summed E-state index contributed by atoms with van der Waals surface area (Å²) in [6, 6.07) is 15.5. The second-order valence-corrected chi connectivity index (χ2v) is 7.89. The quantitative estimate of drug-likeness (QED) is 0.772. The van der Waals surface area contributed by atoms with E-state index in [1.807, 2.05) is 0 Å². The van der Waals surface area contributed by atoms with Crippen LogP contribution in [0.2, 0.25) is 0 Å². The summed E-state index contributed by atoms with van der Waals surface area (Å²) in [6.45, 7) is 7.00. The van der Waals surface area contributed by atoms with Gasteiger partial charge in [0.25, 0.3) is 0 Å². The zero-order valence-corrected chi connectivity index (χ0v) is 14.9. The van der Waals surface area contributed by atoms with Crippen molar-refractivity contribution < 1.29 is 10.2 Å². The Morgan fingerprint density at radius 1 is 0.917 bits per heavy atom. The van der Waals surface area contributed by atoms with E-state index in [4.69, 9.17) is 0 Å². The van der Waals surface area contributed by atoms with E-state index in [1.165, 1.54) is 24.0 Å². The number of rotatable bonds is 3. The number of hydrogen-bond donors (Lipinski definition) is 2. The van der Waals surface area contributed by atoms with Crippen LogP contribution in [0.5, 0.6) is 11.5 Å². The van der Waals surface area contributed by atoms with Gasteiger partial charge in [0.05, 0.1) is 0 Å². The number of hydrogen-bond acceptors (Lipinski definition) is 2. The third kappa shape index (κ3) is 3.15. The van der Waals surface area contributed by atoms with E-state index in [2.05, 4.69) is 45.0 Å². The van der Waals surface area contributed by atoms with Gasteiger partial charge in [-0.2, -0.15) is 0 Å². The van der Waals surface area contributed by atoms with Crippen LogP contribution in [-0.4, -0.2) is 10.2 Å². The molecule has 1 fully saturated rings. The van der Waals surface area contributed by atoms with Crippen molar-refractivity contribution in [3.63, 3.8) is 0 Å². The van der Waals surface area contributed by atoms with E-state index < -0.39 is 0 Å². The monoisotopic (exact) mass is 324 g/mol. The van der Waals surface area contributed by atoms with Crippen LogP contribution in [0.3, 0.4) is 0 Å². The lowest BCUT2D eigenvalue weighted by Crippen LogP contribution is -2.37. The Balaban J connectivity index is 2.01. The van der Waals surface area contributed by atoms with Crippen molar-refractivity contribution in [1.82, 2.24) is 0 Å². The van der Waals surface area contributed by atoms with Gasteiger partial charge in [0.15, 0.2) is 0 Å². The Kier molecular flexibility index (Phi) is 4.58. The van der Waals surface area contributed by atoms with Gasteiger partial charge in [-0.15, -0.1) is 0 Å². The molecular formula is C22H28O2. The molecule has 0 heterocycles. The lowest BCUT2D eigenvalue weighted by Gasteiger charge is -2.46. The molecule has 2 aromatic rings. The molecule has 3 rings (SSSR count). The van der Waals surface area contributed by atoms with Crippen molar-refractivity contribution >= 4 is 0 Å². The highest BCUT2D eigenvalue weighted by molar-refractivity contribution is 5.38. The third-order valence-electron chi connectivity index (χ3n) is 6.11. The predicted molar refractivity (Wildman–Crippen MR) is 98.5 cm³/mol. The predicted octanol–water partition coefficient (Wildman–Crippen LogP) is 5.60. The number of aromatic hydroxyl groups is 2. The molecule has 2 aromatic carbocycles. The molecule has 2 nitrogen and oxygen atoms in total. The summed E-state index contributed by atoms with van der Waals surface area (Å²) in [5.41, 5.74) is 2.64. The topological polar surface area (TPSA) is 40.5 Å². The van der Waals surface area contributed by atoms with Crippen LogP contribution in [0.25, 0.3) is 0 Å². The molecule has 128 valence electrons. The second-order valence-electron chi connectivity index (χ2n) is 7.89. The Morgan fingerprint density at radius 3 is 2.00 bits per heavy atom. The minimum atomic E-state index is 0.0516. The molecule has 3 atom stereocenters. The molecule has 0 amide bonds. The maximum Gasteiger partial charge on any atom is 0.115 e. The van der Waals surface area contributed by atoms with E-state index in [9.17, 15) is 10.2 Å². The maximum absolute atomic E-state index is 9.65. The van der Waals surface area contributed by atoms with Gasteiger partial charge < -0.3 is 10.2 Å². The highest BCUT2D eigenvalue weighted by Crippen LogP contribution is 2.52. The maximum atomic E-state index is 9.65. The molecule has 2 N–H and O–H groups in total. The molecule has 1 aliphatic carbocycles. The normalized spacial score (nSPS) is 27.3. The van der Waals surface area contributed by atoms with Gasteiger partial charge >= 0.3 is 0 Å². The number of phenolic OH excluding ortho intramolecular Hbond substituents is 2. The van der Waals surface area contributed by atoms with Gasteiger partial charge in [0.1, 0.15) is 11.5 Å². The van der Waals surface area contributed by atoms with Crippen molar-refractivity contribution in [2.24, 2.45) is 11.8 Å². The van der Waals surface area contributed by atoms with Crippen molar-refractivity contribution in [3.8, 4) is 11.5 Å². The molecule has 1 saturated carbocycles. The van der Waals surface area contributed by atoms with Crippen LogP contribution in [0.15, 0.2) is 48.5 Å². The zero-order chi connectivity index (χ0) is 17.3. The lowest BCUT2D eigenvalue weighted by atomic mass is 9.58. The van der Waals surface area contributed by atoms with Crippen LogP contribution in [0.4, 0.5) is 0 Å². The summed E-state index contributed by atoms with van der Waals surface area (Å²) < 4.78 is 0. The zero-order valence-electron chi connectivity index (χ0n) is 14.9. The smallest absolute Gasteiger partial charge is 0.115 e. The summed E-state index contributed by atoms with van der Waals surface area (Å²) in [6.07, 6.45) is 3.55.